The van der Waals surface area contributed by atoms with Crippen molar-refractivity contribution < 1.29 is 23.1 Å². The van der Waals surface area contributed by atoms with Crippen molar-refractivity contribution in [2.75, 3.05) is 13.2 Å². The Morgan fingerprint density at radius 3 is 2.47 bits per heavy atom. The highest BCUT2D eigenvalue weighted by Crippen LogP contribution is 2.25. The van der Waals surface area contributed by atoms with Crippen LogP contribution in [0.3, 0.4) is 0 Å². The third-order valence-electron chi connectivity index (χ3n) is 3.45. The van der Waals surface area contributed by atoms with Gasteiger partial charge in [0.25, 0.3) is 0 Å². The fraction of sp³-hybridized carbons (Fsp3) is 0.900. The lowest BCUT2D eigenvalue weighted by molar-refractivity contribution is -0.142. The summed E-state index contributed by atoms with van der Waals surface area (Å²) >= 11 is 0. The Balaban J connectivity index is 2.02. The molecule has 0 bridgehead atoms. The first-order valence-electron chi connectivity index (χ1n) is 5.82. The minimum Gasteiger partial charge on any atom is -0.481 e. The molecule has 1 saturated carbocycles. The highest BCUT2D eigenvalue weighted by atomic mass is 32.2. The number of ether oxygens (including phenoxy) is 1. The van der Waals surface area contributed by atoms with Crippen LogP contribution in [0.15, 0.2) is 0 Å². The predicted octanol–water partition coefficient (Wildman–Crippen LogP) is -0.0520. The molecule has 2 rings (SSSR count). The van der Waals surface area contributed by atoms with E-state index in [0.717, 1.165) is 12.8 Å². The first-order chi connectivity index (χ1) is 8.00. The van der Waals surface area contributed by atoms with Crippen LogP contribution in [-0.2, 0) is 19.6 Å². The second-order valence-corrected chi connectivity index (χ2v) is 6.65. The average molecular weight is 263 g/mol. The van der Waals surface area contributed by atoms with E-state index in [2.05, 4.69) is 4.72 Å². The van der Waals surface area contributed by atoms with Crippen LogP contribution in [0.25, 0.3) is 0 Å². The fourth-order valence-electron chi connectivity index (χ4n) is 2.42. The van der Waals surface area contributed by atoms with E-state index in [1.54, 1.807) is 0 Å². The lowest BCUT2D eigenvalue weighted by Gasteiger charge is -2.19. The van der Waals surface area contributed by atoms with Gasteiger partial charge < -0.3 is 9.84 Å². The highest BCUT2D eigenvalue weighted by molar-refractivity contribution is 7.90. The number of rotatable bonds is 4. The normalized spacial score (nSPS) is 30.8. The molecule has 2 unspecified atom stereocenters. The van der Waals surface area contributed by atoms with E-state index in [4.69, 9.17) is 9.84 Å². The summed E-state index contributed by atoms with van der Waals surface area (Å²) in [5.74, 6) is -1.78. The number of sulfonamides is 1. The van der Waals surface area contributed by atoms with Crippen molar-refractivity contribution in [2.45, 2.75) is 37.0 Å². The fourth-order valence-corrected chi connectivity index (χ4v) is 4.22. The van der Waals surface area contributed by atoms with E-state index < -0.39 is 28.0 Å². The third-order valence-corrected chi connectivity index (χ3v) is 5.43. The number of hydrogen-bond donors (Lipinski definition) is 2. The second-order valence-electron chi connectivity index (χ2n) is 4.66. The van der Waals surface area contributed by atoms with Crippen LogP contribution in [0.4, 0.5) is 0 Å². The summed E-state index contributed by atoms with van der Waals surface area (Å²) in [7, 11) is -3.40. The van der Waals surface area contributed by atoms with Gasteiger partial charge in [0.05, 0.1) is 30.4 Å². The molecule has 98 valence electrons. The SMILES string of the molecule is O=C(O)C1COCC1NS(=O)(=O)C1CCCC1. The van der Waals surface area contributed by atoms with Crippen molar-refractivity contribution in [2.24, 2.45) is 5.92 Å². The number of hydrogen-bond acceptors (Lipinski definition) is 4. The van der Waals surface area contributed by atoms with Crippen molar-refractivity contribution >= 4 is 16.0 Å². The monoisotopic (exact) mass is 263 g/mol. The molecule has 1 aliphatic heterocycles. The Morgan fingerprint density at radius 1 is 1.24 bits per heavy atom. The highest BCUT2D eigenvalue weighted by Gasteiger charge is 2.39. The smallest absolute Gasteiger partial charge is 0.310 e. The molecule has 0 amide bonds. The summed E-state index contributed by atoms with van der Waals surface area (Å²) in [5, 5.41) is 8.57. The summed E-state index contributed by atoms with van der Waals surface area (Å²) in [6, 6.07) is -0.627. The van der Waals surface area contributed by atoms with Crippen LogP contribution in [-0.4, -0.2) is 44.0 Å². The number of aliphatic carboxylic acids is 1. The molecule has 2 atom stereocenters. The number of carboxylic acid groups (broad SMARTS) is 1. The summed E-state index contributed by atoms with van der Waals surface area (Å²) in [4.78, 5) is 10.9. The molecule has 0 radical (unpaired) electrons. The maximum atomic E-state index is 12.0. The largest absolute Gasteiger partial charge is 0.481 e. The van der Waals surface area contributed by atoms with E-state index in [9.17, 15) is 13.2 Å². The third kappa shape index (κ3) is 2.78. The molecule has 2 N–H and O–H groups in total. The molecule has 0 aromatic carbocycles. The lowest BCUT2D eigenvalue weighted by atomic mass is 10.1. The van der Waals surface area contributed by atoms with Crippen molar-refractivity contribution in [3.63, 3.8) is 0 Å². The molecule has 1 aliphatic carbocycles. The van der Waals surface area contributed by atoms with Crippen molar-refractivity contribution in [3.05, 3.63) is 0 Å². The van der Waals surface area contributed by atoms with E-state index in [0.29, 0.717) is 12.8 Å². The molecule has 0 aromatic heterocycles. The zero-order chi connectivity index (χ0) is 12.5. The van der Waals surface area contributed by atoms with Gasteiger partial charge >= 0.3 is 5.97 Å². The molecular formula is C10H17NO5S. The number of carboxylic acids is 1. The molecule has 0 aromatic rings. The van der Waals surface area contributed by atoms with Gasteiger partial charge in [0.15, 0.2) is 0 Å². The molecule has 0 spiro atoms. The Bertz CT molecular complexity index is 388. The van der Waals surface area contributed by atoms with Gasteiger partial charge in [-0.1, -0.05) is 12.8 Å². The van der Waals surface area contributed by atoms with Gasteiger partial charge in [-0.2, -0.15) is 0 Å². The van der Waals surface area contributed by atoms with Gasteiger partial charge in [0, 0.05) is 0 Å². The quantitative estimate of drug-likeness (QED) is 0.741. The lowest BCUT2D eigenvalue weighted by Crippen LogP contribution is -2.45. The topological polar surface area (TPSA) is 92.7 Å². The summed E-state index contributed by atoms with van der Waals surface area (Å²) in [5.41, 5.74) is 0. The molecule has 2 fully saturated rings. The first kappa shape index (κ1) is 12.8. The van der Waals surface area contributed by atoms with Crippen LogP contribution < -0.4 is 4.72 Å². The summed E-state index contributed by atoms with van der Waals surface area (Å²) < 4.78 is 31.5. The van der Waals surface area contributed by atoms with Gasteiger partial charge in [-0.3, -0.25) is 4.79 Å². The Labute approximate surface area is 100 Å². The summed E-state index contributed by atoms with van der Waals surface area (Å²) in [6.07, 6.45) is 3.19. The maximum Gasteiger partial charge on any atom is 0.310 e. The molecule has 6 nitrogen and oxygen atoms in total. The van der Waals surface area contributed by atoms with Gasteiger partial charge in [0.2, 0.25) is 10.0 Å². The van der Waals surface area contributed by atoms with E-state index in [-0.39, 0.29) is 18.5 Å². The minimum absolute atomic E-state index is 0.0766. The van der Waals surface area contributed by atoms with Crippen LogP contribution in [0, 0.1) is 5.92 Å². The molecule has 1 saturated heterocycles. The molecule has 2 aliphatic rings. The Hall–Kier alpha value is -0.660. The van der Waals surface area contributed by atoms with E-state index >= 15 is 0 Å². The number of carbonyl (C=O) groups is 1. The van der Waals surface area contributed by atoms with Gasteiger partial charge in [-0.15, -0.1) is 0 Å². The minimum atomic E-state index is -3.40. The number of nitrogens with one attached hydrogen (secondary N) is 1. The standard InChI is InChI=1S/C10H17NO5S/c12-10(13)8-5-16-6-9(8)11-17(14,15)7-3-1-2-4-7/h7-9,11H,1-6H2,(H,12,13). The van der Waals surface area contributed by atoms with Crippen LogP contribution in [0.5, 0.6) is 0 Å². The van der Waals surface area contributed by atoms with Gasteiger partial charge in [-0.05, 0) is 12.8 Å². The van der Waals surface area contributed by atoms with Gasteiger partial charge in [0.1, 0.15) is 0 Å². The molecule has 17 heavy (non-hydrogen) atoms. The molecule has 1 heterocycles. The van der Waals surface area contributed by atoms with Crippen LogP contribution in [0.1, 0.15) is 25.7 Å². The van der Waals surface area contributed by atoms with Crippen LogP contribution in [0.2, 0.25) is 0 Å². The van der Waals surface area contributed by atoms with Crippen molar-refractivity contribution in [1.82, 2.24) is 4.72 Å². The Morgan fingerprint density at radius 2 is 1.88 bits per heavy atom. The molecule has 7 heteroatoms. The molecular weight excluding hydrogens is 246 g/mol. The summed E-state index contributed by atoms with van der Waals surface area (Å²) in [6.45, 7) is 0.218. The zero-order valence-electron chi connectivity index (χ0n) is 9.46. The first-order valence-corrected chi connectivity index (χ1v) is 7.37. The van der Waals surface area contributed by atoms with Crippen LogP contribution >= 0.6 is 0 Å². The van der Waals surface area contributed by atoms with Gasteiger partial charge in [-0.25, -0.2) is 13.1 Å². The van der Waals surface area contributed by atoms with E-state index in [1.165, 1.54) is 0 Å². The van der Waals surface area contributed by atoms with E-state index in [1.807, 2.05) is 0 Å². The second kappa shape index (κ2) is 4.91. The maximum absolute atomic E-state index is 12.0. The zero-order valence-corrected chi connectivity index (χ0v) is 10.3. The average Bonchev–Trinajstić information content (AvgIpc) is 2.85. The van der Waals surface area contributed by atoms with Crippen molar-refractivity contribution in [3.8, 4) is 0 Å². The predicted molar refractivity (Wildman–Crippen MR) is 60.0 cm³/mol. The van der Waals surface area contributed by atoms with Crippen molar-refractivity contribution in [1.29, 1.82) is 0 Å². The Kier molecular flexibility index (Phi) is 3.70.